The molecule has 128 valence electrons. The number of nitro benzene ring substituents is 1. The third-order valence-corrected chi connectivity index (χ3v) is 3.64. The lowest BCUT2D eigenvalue weighted by molar-refractivity contribution is -0.385. The maximum absolute atomic E-state index is 11.2. The van der Waals surface area contributed by atoms with Gasteiger partial charge in [0.25, 0.3) is 5.69 Å². The summed E-state index contributed by atoms with van der Waals surface area (Å²) in [4.78, 5) is 21.5. The normalized spacial score (nSPS) is 12.4. The number of carbonyl (C=O) groups excluding carboxylic acids is 1. The van der Waals surface area contributed by atoms with Crippen LogP contribution in [0.15, 0.2) is 35.4 Å². The number of carboxylic acids is 1. The maximum Gasteiger partial charge on any atom is 0.282 e. The molecule has 1 heterocycles. The number of carboxylic acid groups (broad SMARTS) is 1. The second-order valence-electron chi connectivity index (χ2n) is 4.87. The second-order valence-corrected chi connectivity index (χ2v) is 5.28. The Morgan fingerprint density at radius 2 is 2.00 bits per heavy atom. The van der Waals surface area contributed by atoms with E-state index >= 15 is 0 Å². The van der Waals surface area contributed by atoms with Crippen molar-refractivity contribution in [3.63, 3.8) is 0 Å². The molecular weight excluding hydrogens is 354 g/mol. The van der Waals surface area contributed by atoms with Crippen LogP contribution in [-0.2, 0) is 0 Å². The van der Waals surface area contributed by atoms with Crippen LogP contribution in [0.5, 0.6) is 11.5 Å². The first-order chi connectivity index (χ1) is 12.0. The van der Waals surface area contributed by atoms with Crippen molar-refractivity contribution in [2.24, 2.45) is 5.10 Å². The molecule has 0 amide bonds. The highest BCUT2D eigenvalue weighted by atomic mass is 35.5. The van der Waals surface area contributed by atoms with Gasteiger partial charge in [-0.1, -0.05) is 17.7 Å². The van der Waals surface area contributed by atoms with E-state index < -0.39 is 10.9 Å². The van der Waals surface area contributed by atoms with Gasteiger partial charge in [0.15, 0.2) is 11.5 Å². The Balaban J connectivity index is 1.87. The molecule has 1 aliphatic heterocycles. The van der Waals surface area contributed by atoms with E-state index in [-0.39, 0.29) is 40.1 Å². The van der Waals surface area contributed by atoms with Gasteiger partial charge < -0.3 is 19.4 Å². The Hall–Kier alpha value is -3.33. The number of carbonyl (C=O) groups is 1. The van der Waals surface area contributed by atoms with Gasteiger partial charge in [-0.15, -0.1) is 0 Å². The number of benzene rings is 2. The van der Waals surface area contributed by atoms with Crippen LogP contribution in [0.1, 0.15) is 15.9 Å². The Bertz CT molecular complexity index is 899. The summed E-state index contributed by atoms with van der Waals surface area (Å²) in [6.45, 7) is -0.0169. The number of hydrogen-bond donors (Lipinski definition) is 1. The molecule has 0 saturated heterocycles. The number of ether oxygens (including phenoxy) is 2. The highest BCUT2D eigenvalue weighted by Crippen LogP contribution is 2.37. The standard InChI is InChI=1S/C15H10ClN3O6/c16-10-2-1-8(15(20)21)3-11(10)18-17-6-9-4-13-14(25-7-24-13)5-12(9)19(22)23/h1-6,18H,7H2,(H,20,21)/p-1/b17-6-. The lowest BCUT2D eigenvalue weighted by Gasteiger charge is -2.07. The number of anilines is 1. The topological polar surface area (TPSA) is 126 Å². The molecule has 1 N–H and O–H groups in total. The Morgan fingerprint density at radius 3 is 2.68 bits per heavy atom. The SMILES string of the molecule is O=C([O-])c1ccc(Cl)c(N/N=C\c2cc3c(cc2[N+](=O)[O-])OCO3)c1. The molecule has 10 heteroatoms. The molecule has 0 spiro atoms. The number of halogens is 1. The summed E-state index contributed by atoms with van der Waals surface area (Å²) >= 11 is 5.95. The molecule has 0 saturated carbocycles. The molecule has 0 radical (unpaired) electrons. The maximum atomic E-state index is 11.2. The van der Waals surface area contributed by atoms with E-state index in [4.69, 9.17) is 21.1 Å². The molecular formula is C15H9ClN3O6-. The molecule has 0 atom stereocenters. The zero-order valence-electron chi connectivity index (χ0n) is 12.4. The predicted molar refractivity (Wildman–Crippen MR) is 86.2 cm³/mol. The Morgan fingerprint density at radius 1 is 1.28 bits per heavy atom. The first-order valence-electron chi connectivity index (χ1n) is 6.83. The van der Waals surface area contributed by atoms with Crippen molar-refractivity contribution in [3.05, 3.63) is 56.6 Å². The average Bonchev–Trinajstić information content (AvgIpc) is 3.02. The zero-order chi connectivity index (χ0) is 18.0. The number of nitrogens with zero attached hydrogens (tertiary/aromatic N) is 2. The van der Waals surface area contributed by atoms with Crippen LogP contribution in [0.3, 0.4) is 0 Å². The van der Waals surface area contributed by atoms with E-state index in [1.165, 1.54) is 36.5 Å². The third kappa shape index (κ3) is 3.45. The van der Waals surface area contributed by atoms with Gasteiger partial charge in [0.1, 0.15) is 0 Å². The van der Waals surface area contributed by atoms with Crippen LogP contribution in [-0.4, -0.2) is 23.9 Å². The quantitative estimate of drug-likeness (QED) is 0.488. The molecule has 0 aromatic heterocycles. The van der Waals surface area contributed by atoms with Crippen LogP contribution in [0, 0.1) is 10.1 Å². The van der Waals surface area contributed by atoms with E-state index in [2.05, 4.69) is 10.5 Å². The predicted octanol–water partition coefficient (Wildman–Crippen LogP) is 1.79. The van der Waals surface area contributed by atoms with Crippen molar-refractivity contribution < 1.29 is 24.3 Å². The van der Waals surface area contributed by atoms with Gasteiger partial charge >= 0.3 is 0 Å². The molecule has 1 aliphatic rings. The summed E-state index contributed by atoms with van der Waals surface area (Å²) < 4.78 is 10.3. The first-order valence-corrected chi connectivity index (χ1v) is 7.21. The molecule has 2 aromatic carbocycles. The van der Waals surface area contributed by atoms with Crippen LogP contribution < -0.4 is 20.0 Å². The Labute approximate surface area is 145 Å². The lowest BCUT2D eigenvalue weighted by Crippen LogP contribution is -2.22. The summed E-state index contributed by atoms with van der Waals surface area (Å²) in [6.07, 6.45) is 1.20. The first kappa shape index (κ1) is 16.5. The van der Waals surface area contributed by atoms with E-state index in [9.17, 15) is 20.0 Å². The lowest BCUT2D eigenvalue weighted by atomic mass is 10.1. The number of hydrogen-bond acceptors (Lipinski definition) is 8. The van der Waals surface area contributed by atoms with E-state index in [0.29, 0.717) is 5.75 Å². The summed E-state index contributed by atoms with van der Waals surface area (Å²) in [5, 5.41) is 26.1. The van der Waals surface area contributed by atoms with Crippen LogP contribution in [0.25, 0.3) is 0 Å². The molecule has 0 bridgehead atoms. The summed E-state index contributed by atoms with van der Waals surface area (Å²) in [6, 6.07) is 6.56. The van der Waals surface area contributed by atoms with Gasteiger partial charge in [-0.2, -0.15) is 5.10 Å². The fourth-order valence-corrected chi connectivity index (χ4v) is 2.28. The molecule has 3 rings (SSSR count). The fraction of sp³-hybridized carbons (Fsp3) is 0.0667. The van der Waals surface area contributed by atoms with Crippen molar-refractivity contribution >= 4 is 35.2 Å². The summed E-state index contributed by atoms with van der Waals surface area (Å²) in [5.74, 6) is -0.722. The monoisotopic (exact) mass is 362 g/mol. The van der Waals surface area contributed by atoms with Crippen LogP contribution >= 0.6 is 11.6 Å². The molecule has 0 aliphatic carbocycles. The van der Waals surface area contributed by atoms with Gasteiger partial charge in [-0.3, -0.25) is 15.5 Å². The number of nitrogens with one attached hydrogen (secondary N) is 1. The van der Waals surface area contributed by atoms with Crippen molar-refractivity contribution in [2.75, 3.05) is 12.2 Å². The number of fused-ring (bicyclic) bond motifs is 1. The number of aromatic carboxylic acids is 1. The number of rotatable bonds is 5. The minimum atomic E-state index is -1.37. The minimum absolute atomic E-state index is 0.0169. The van der Waals surface area contributed by atoms with E-state index in [1.807, 2.05) is 0 Å². The third-order valence-electron chi connectivity index (χ3n) is 3.31. The average molecular weight is 363 g/mol. The second kappa shape index (κ2) is 6.65. The summed E-state index contributed by atoms with van der Waals surface area (Å²) in [7, 11) is 0. The largest absolute Gasteiger partial charge is 0.545 e. The van der Waals surface area contributed by atoms with Crippen molar-refractivity contribution in [2.45, 2.75) is 0 Å². The highest BCUT2D eigenvalue weighted by Gasteiger charge is 2.22. The molecule has 0 fully saturated rings. The van der Waals surface area contributed by atoms with Crippen molar-refractivity contribution in [1.82, 2.24) is 0 Å². The smallest absolute Gasteiger partial charge is 0.282 e. The molecule has 9 nitrogen and oxygen atoms in total. The zero-order valence-corrected chi connectivity index (χ0v) is 13.1. The highest BCUT2D eigenvalue weighted by molar-refractivity contribution is 6.33. The van der Waals surface area contributed by atoms with Gasteiger partial charge in [0.2, 0.25) is 6.79 Å². The molecule has 2 aromatic rings. The minimum Gasteiger partial charge on any atom is -0.545 e. The van der Waals surface area contributed by atoms with Gasteiger partial charge in [-0.25, -0.2) is 0 Å². The molecule has 0 unspecified atom stereocenters. The summed E-state index contributed by atoms with van der Waals surface area (Å²) in [5.41, 5.74) is 2.62. The number of nitro groups is 1. The fourth-order valence-electron chi connectivity index (χ4n) is 2.12. The van der Waals surface area contributed by atoms with E-state index in [1.54, 1.807) is 0 Å². The van der Waals surface area contributed by atoms with Crippen molar-refractivity contribution in [3.8, 4) is 11.5 Å². The van der Waals surface area contributed by atoms with E-state index in [0.717, 1.165) is 0 Å². The Kier molecular flexibility index (Phi) is 4.40. The van der Waals surface area contributed by atoms with Gasteiger partial charge in [0.05, 0.1) is 39.4 Å². The van der Waals surface area contributed by atoms with Crippen LogP contribution in [0.4, 0.5) is 11.4 Å². The number of hydrazone groups is 1. The van der Waals surface area contributed by atoms with Gasteiger partial charge in [0, 0.05) is 0 Å². The van der Waals surface area contributed by atoms with Gasteiger partial charge in [-0.05, 0) is 23.8 Å². The molecule has 25 heavy (non-hydrogen) atoms. The van der Waals surface area contributed by atoms with Crippen molar-refractivity contribution in [1.29, 1.82) is 0 Å². The van der Waals surface area contributed by atoms with Crippen LogP contribution in [0.2, 0.25) is 5.02 Å².